The van der Waals surface area contributed by atoms with E-state index in [1.54, 1.807) is 4.57 Å². The molecule has 0 aliphatic carbocycles. The standard InChI is InChI=1S/C13H16IN3O6/c1-6(18)21-4-8-3-9(22-7(2)19)13(23-8)17-5-16-10(11(17)14)12(15)20/h5,8-9,13H,3-4H2,1-2H3,(H2,15,20)/t8-,9+,13+/m0/s1. The second-order valence-electron chi connectivity index (χ2n) is 4.99. The van der Waals surface area contributed by atoms with Crippen LogP contribution in [0.3, 0.4) is 0 Å². The van der Waals surface area contributed by atoms with E-state index in [2.05, 4.69) is 4.98 Å². The van der Waals surface area contributed by atoms with E-state index in [9.17, 15) is 14.4 Å². The molecule has 9 nitrogen and oxygen atoms in total. The third-order valence-corrected chi connectivity index (χ3v) is 4.24. The fourth-order valence-corrected chi connectivity index (χ4v) is 3.09. The third-order valence-electron chi connectivity index (χ3n) is 3.18. The summed E-state index contributed by atoms with van der Waals surface area (Å²) in [6.07, 6.45) is 0.0708. The fourth-order valence-electron chi connectivity index (χ4n) is 2.29. The number of halogens is 1. The lowest BCUT2D eigenvalue weighted by Crippen LogP contribution is -2.25. The Kier molecular flexibility index (Phi) is 5.57. The zero-order chi connectivity index (χ0) is 17.1. The highest BCUT2D eigenvalue weighted by atomic mass is 127. The molecule has 0 spiro atoms. The molecule has 0 radical (unpaired) electrons. The minimum atomic E-state index is -0.674. The van der Waals surface area contributed by atoms with Crippen LogP contribution in [0.4, 0.5) is 0 Å². The van der Waals surface area contributed by atoms with Crippen LogP contribution in [0.1, 0.15) is 37.0 Å². The van der Waals surface area contributed by atoms with E-state index in [0.717, 1.165) is 0 Å². The van der Waals surface area contributed by atoms with Crippen molar-refractivity contribution in [3.63, 3.8) is 0 Å². The molecule has 1 aliphatic rings. The molecule has 0 unspecified atom stereocenters. The molecule has 126 valence electrons. The first-order valence-corrected chi connectivity index (χ1v) is 7.85. The van der Waals surface area contributed by atoms with Crippen LogP contribution in [-0.4, -0.2) is 46.2 Å². The Balaban J connectivity index is 2.20. The number of carbonyl (C=O) groups excluding carboxylic acids is 3. The Bertz CT molecular complexity index is 631. The van der Waals surface area contributed by atoms with Crippen molar-refractivity contribution >= 4 is 40.4 Å². The highest BCUT2D eigenvalue weighted by Gasteiger charge is 2.40. The lowest BCUT2D eigenvalue weighted by atomic mass is 10.2. The minimum absolute atomic E-state index is 0.0531. The average molecular weight is 437 g/mol. The van der Waals surface area contributed by atoms with E-state index in [0.29, 0.717) is 10.1 Å². The first kappa shape index (κ1) is 17.7. The van der Waals surface area contributed by atoms with Gasteiger partial charge in [-0.05, 0) is 22.6 Å². The molecule has 10 heteroatoms. The lowest BCUT2D eigenvalue weighted by molar-refractivity contribution is -0.153. The zero-order valence-electron chi connectivity index (χ0n) is 12.5. The third kappa shape index (κ3) is 4.19. The van der Waals surface area contributed by atoms with Crippen molar-refractivity contribution in [3.8, 4) is 0 Å². The summed E-state index contributed by atoms with van der Waals surface area (Å²) in [5.41, 5.74) is 5.36. The van der Waals surface area contributed by atoms with E-state index in [4.69, 9.17) is 19.9 Å². The molecular formula is C13H16IN3O6. The molecule has 1 aliphatic heterocycles. The Morgan fingerprint density at radius 1 is 1.43 bits per heavy atom. The smallest absolute Gasteiger partial charge is 0.303 e. The van der Waals surface area contributed by atoms with Gasteiger partial charge >= 0.3 is 11.9 Å². The Labute approximate surface area is 145 Å². The lowest BCUT2D eigenvalue weighted by Gasteiger charge is -2.20. The van der Waals surface area contributed by atoms with Crippen molar-refractivity contribution < 1.29 is 28.6 Å². The summed E-state index contributed by atoms with van der Waals surface area (Å²) < 4.78 is 18.0. The number of aromatic nitrogens is 2. The summed E-state index contributed by atoms with van der Waals surface area (Å²) in [6.45, 7) is 2.65. The quantitative estimate of drug-likeness (QED) is 0.522. The van der Waals surface area contributed by atoms with Gasteiger partial charge in [0.05, 0.1) is 12.4 Å². The van der Waals surface area contributed by atoms with Crippen molar-refractivity contribution in [2.24, 2.45) is 5.73 Å². The second kappa shape index (κ2) is 7.25. The minimum Gasteiger partial charge on any atom is -0.463 e. The number of nitrogens with zero attached hydrogens (tertiary/aromatic N) is 2. The molecule has 0 aromatic carbocycles. The van der Waals surface area contributed by atoms with Gasteiger partial charge in [-0.1, -0.05) is 0 Å². The van der Waals surface area contributed by atoms with Gasteiger partial charge in [0.1, 0.15) is 16.4 Å². The highest BCUT2D eigenvalue weighted by Crippen LogP contribution is 2.33. The maximum atomic E-state index is 11.3. The zero-order valence-corrected chi connectivity index (χ0v) is 14.7. The van der Waals surface area contributed by atoms with Crippen molar-refractivity contribution in [1.82, 2.24) is 9.55 Å². The van der Waals surface area contributed by atoms with Crippen molar-refractivity contribution in [3.05, 3.63) is 15.7 Å². The number of hydrogen-bond donors (Lipinski definition) is 1. The number of nitrogens with two attached hydrogens (primary N) is 1. The number of hydrogen-bond acceptors (Lipinski definition) is 7. The largest absolute Gasteiger partial charge is 0.463 e. The van der Waals surface area contributed by atoms with Crippen molar-refractivity contribution in [2.45, 2.75) is 38.7 Å². The van der Waals surface area contributed by atoms with Gasteiger partial charge in [-0.3, -0.25) is 19.0 Å². The summed E-state index contributed by atoms with van der Waals surface area (Å²) in [5.74, 6) is -1.54. The fraction of sp³-hybridized carbons (Fsp3) is 0.538. The number of amides is 1. The summed E-state index contributed by atoms with van der Waals surface area (Å²) in [5, 5.41) is 0. The van der Waals surface area contributed by atoms with Gasteiger partial charge < -0.3 is 19.9 Å². The SMILES string of the molecule is CC(=O)OC[C@@H]1C[C@@H](OC(C)=O)[C@H](n2cnc(C(N)=O)c2I)O1. The van der Waals surface area contributed by atoms with Gasteiger partial charge in [-0.15, -0.1) is 0 Å². The van der Waals surface area contributed by atoms with Crippen LogP contribution < -0.4 is 5.73 Å². The number of rotatable bonds is 5. The molecule has 1 aromatic heterocycles. The van der Waals surface area contributed by atoms with Crippen LogP contribution >= 0.6 is 22.6 Å². The van der Waals surface area contributed by atoms with Crippen molar-refractivity contribution in [2.75, 3.05) is 6.61 Å². The number of ether oxygens (including phenoxy) is 3. The first-order valence-electron chi connectivity index (χ1n) is 6.77. The highest BCUT2D eigenvalue weighted by molar-refractivity contribution is 14.1. The van der Waals surface area contributed by atoms with Gasteiger partial charge in [0.25, 0.3) is 5.91 Å². The molecule has 1 saturated heterocycles. The molecule has 3 atom stereocenters. The van der Waals surface area contributed by atoms with E-state index in [1.165, 1.54) is 20.2 Å². The Hall–Kier alpha value is -1.69. The van der Waals surface area contributed by atoms with Gasteiger partial charge in [-0.2, -0.15) is 0 Å². The number of primary amides is 1. The molecule has 2 N–H and O–H groups in total. The normalized spacial score (nSPS) is 23.5. The van der Waals surface area contributed by atoms with Crippen LogP contribution in [0, 0.1) is 3.70 Å². The number of carbonyl (C=O) groups is 3. The molecule has 23 heavy (non-hydrogen) atoms. The molecule has 2 rings (SSSR count). The summed E-state index contributed by atoms with van der Waals surface area (Å²) in [6, 6.07) is 0. The monoisotopic (exact) mass is 437 g/mol. The summed E-state index contributed by atoms with van der Waals surface area (Å²) in [4.78, 5) is 37.5. The molecule has 0 saturated carbocycles. The maximum absolute atomic E-state index is 11.3. The number of imidazole rings is 1. The Morgan fingerprint density at radius 2 is 2.13 bits per heavy atom. The second-order valence-corrected chi connectivity index (χ2v) is 6.01. The number of esters is 2. The summed E-state index contributed by atoms with van der Waals surface area (Å²) in [7, 11) is 0. The van der Waals surface area contributed by atoms with Gasteiger partial charge in [-0.25, -0.2) is 4.98 Å². The summed E-state index contributed by atoms with van der Waals surface area (Å²) >= 11 is 1.92. The van der Waals surface area contributed by atoms with Gasteiger partial charge in [0, 0.05) is 20.3 Å². The van der Waals surface area contributed by atoms with Gasteiger partial charge in [0.2, 0.25) is 0 Å². The Morgan fingerprint density at radius 3 is 2.65 bits per heavy atom. The van der Waals surface area contributed by atoms with E-state index < -0.39 is 36.3 Å². The molecular weight excluding hydrogens is 421 g/mol. The van der Waals surface area contributed by atoms with Gasteiger partial charge in [0.15, 0.2) is 11.9 Å². The van der Waals surface area contributed by atoms with Crippen LogP contribution in [0.5, 0.6) is 0 Å². The van der Waals surface area contributed by atoms with Crippen LogP contribution in [0.25, 0.3) is 0 Å². The van der Waals surface area contributed by atoms with Crippen LogP contribution in [0.15, 0.2) is 6.33 Å². The van der Waals surface area contributed by atoms with Crippen LogP contribution in [0.2, 0.25) is 0 Å². The maximum Gasteiger partial charge on any atom is 0.303 e. The molecule has 2 heterocycles. The average Bonchev–Trinajstić information content (AvgIpc) is 2.99. The molecule has 1 aromatic rings. The molecule has 1 amide bonds. The topological polar surface area (TPSA) is 123 Å². The van der Waals surface area contributed by atoms with Crippen molar-refractivity contribution in [1.29, 1.82) is 0 Å². The van der Waals surface area contributed by atoms with E-state index >= 15 is 0 Å². The molecule has 0 bridgehead atoms. The van der Waals surface area contributed by atoms with E-state index in [-0.39, 0.29) is 12.3 Å². The first-order chi connectivity index (χ1) is 10.8. The predicted octanol–water partition coefficient (Wildman–Crippen LogP) is 0.369. The molecule has 1 fully saturated rings. The predicted molar refractivity (Wildman–Crippen MR) is 84.2 cm³/mol. The van der Waals surface area contributed by atoms with E-state index in [1.807, 2.05) is 22.6 Å². The van der Waals surface area contributed by atoms with Crippen LogP contribution in [-0.2, 0) is 23.8 Å².